The molecule has 0 atom stereocenters. The van der Waals surface area contributed by atoms with Gasteiger partial charge in [0.1, 0.15) is 5.82 Å². The maximum absolute atomic E-state index is 6.67. The number of anilines is 2. The molecule has 0 N–H and O–H groups in total. The zero-order valence-corrected chi connectivity index (χ0v) is 38.5. The van der Waals surface area contributed by atoms with Gasteiger partial charge < -0.3 is 19.1 Å². The third-order valence-electron chi connectivity index (χ3n) is 11.3. The quantitative estimate of drug-likeness (QED) is 0.149. The average Bonchev–Trinajstić information content (AvgIpc) is 3.76. The van der Waals surface area contributed by atoms with Gasteiger partial charge in [-0.2, -0.15) is 12.1 Å². The van der Waals surface area contributed by atoms with Crippen LogP contribution in [0, 0.1) is 29.6 Å². The molecule has 0 spiro atoms. The number of hydrogen-bond donors (Lipinski definition) is 0. The Labute approximate surface area is 366 Å². The molecule has 0 saturated carbocycles. The van der Waals surface area contributed by atoms with E-state index in [0.29, 0.717) is 11.5 Å². The van der Waals surface area contributed by atoms with E-state index in [2.05, 4.69) is 212 Å². The van der Waals surface area contributed by atoms with Crippen LogP contribution >= 0.6 is 0 Å². The Hall–Kier alpha value is -5.12. The molecular formula is C53H55N4OPt-3. The summed E-state index contributed by atoms with van der Waals surface area (Å²) in [5.41, 5.74) is 9.78. The van der Waals surface area contributed by atoms with Crippen LogP contribution in [0.4, 0.5) is 11.4 Å². The second-order valence-electron chi connectivity index (χ2n) is 19.2. The molecule has 8 rings (SSSR count). The topological polar surface area (TPSA) is 33.5 Å². The summed E-state index contributed by atoms with van der Waals surface area (Å²) in [6.07, 6.45) is 1.92. The zero-order valence-electron chi connectivity index (χ0n) is 36.2. The Morgan fingerprint density at radius 3 is 1.90 bits per heavy atom. The van der Waals surface area contributed by atoms with Crippen LogP contribution in [0.2, 0.25) is 0 Å². The Morgan fingerprint density at radius 1 is 0.542 bits per heavy atom. The Kier molecular flexibility index (Phi) is 11.0. The molecule has 3 heterocycles. The van der Waals surface area contributed by atoms with Gasteiger partial charge in [0, 0.05) is 77.6 Å². The first-order valence-electron chi connectivity index (χ1n) is 20.4. The molecule has 0 radical (unpaired) electrons. The molecule has 0 aliphatic carbocycles. The Bertz CT molecular complexity index is 2670. The van der Waals surface area contributed by atoms with Gasteiger partial charge in [0.05, 0.1) is 0 Å². The molecule has 7 aromatic rings. The molecular weight excluding hydrogens is 904 g/mol. The van der Waals surface area contributed by atoms with Gasteiger partial charge in [-0.1, -0.05) is 142 Å². The van der Waals surface area contributed by atoms with Crippen molar-refractivity contribution in [3.05, 3.63) is 174 Å². The fourth-order valence-corrected chi connectivity index (χ4v) is 8.27. The second-order valence-corrected chi connectivity index (χ2v) is 19.2. The first kappa shape index (κ1) is 42.0. The van der Waals surface area contributed by atoms with Crippen LogP contribution in [0.3, 0.4) is 0 Å². The maximum atomic E-state index is 6.67. The molecule has 0 unspecified atom stereocenters. The largest absolute Gasteiger partial charge is 0.509 e. The van der Waals surface area contributed by atoms with E-state index in [9.17, 15) is 0 Å². The first-order valence-corrected chi connectivity index (χ1v) is 20.4. The molecule has 6 heteroatoms. The third kappa shape index (κ3) is 7.99. The van der Waals surface area contributed by atoms with Crippen LogP contribution in [-0.4, -0.2) is 9.55 Å². The number of nitrogens with zero attached hydrogens (tertiary/aromatic N) is 4. The predicted molar refractivity (Wildman–Crippen MR) is 242 cm³/mol. The summed E-state index contributed by atoms with van der Waals surface area (Å²) in [7, 11) is 0. The summed E-state index contributed by atoms with van der Waals surface area (Å²) in [6.45, 7) is 27.4. The van der Waals surface area contributed by atoms with Crippen LogP contribution in [0.25, 0.3) is 27.6 Å². The van der Waals surface area contributed by atoms with Crippen molar-refractivity contribution in [2.75, 3.05) is 9.80 Å². The number of hydrogen-bond acceptors (Lipinski definition) is 4. The first-order chi connectivity index (χ1) is 27.4. The van der Waals surface area contributed by atoms with E-state index in [1.54, 1.807) is 0 Å². The third-order valence-corrected chi connectivity index (χ3v) is 11.3. The maximum Gasteiger partial charge on any atom is 0.135 e. The summed E-state index contributed by atoms with van der Waals surface area (Å²) < 4.78 is 8.88. The molecule has 2 aromatic heterocycles. The smallest absolute Gasteiger partial charge is 0.135 e. The molecule has 306 valence electrons. The molecule has 1 aliphatic rings. The number of para-hydroxylation sites is 1. The van der Waals surface area contributed by atoms with Gasteiger partial charge in [-0.05, 0) is 57.8 Å². The van der Waals surface area contributed by atoms with Crippen molar-refractivity contribution in [2.24, 2.45) is 10.8 Å². The van der Waals surface area contributed by atoms with Crippen molar-refractivity contribution >= 4 is 33.2 Å². The molecule has 0 fully saturated rings. The summed E-state index contributed by atoms with van der Waals surface area (Å²) in [5.74, 6) is 2.07. The van der Waals surface area contributed by atoms with Crippen LogP contribution in [-0.2, 0) is 31.9 Å². The molecule has 0 bridgehead atoms. The monoisotopic (exact) mass is 958 g/mol. The summed E-state index contributed by atoms with van der Waals surface area (Å²) in [6, 6.07) is 50.0. The van der Waals surface area contributed by atoms with Crippen molar-refractivity contribution in [1.29, 1.82) is 0 Å². The Morgan fingerprint density at radius 2 is 1.19 bits per heavy atom. The molecule has 59 heavy (non-hydrogen) atoms. The minimum absolute atomic E-state index is 0. The minimum atomic E-state index is -0.216. The fraction of sp³-hybridized carbons (Fsp3) is 0.283. The standard InChI is InChI=1S/C53H55N4O.Pt/c1-50(2,3)37-21-17-22-39(31-37)55-35-56(49(52(7,8)9)48(55)51(4,5)6)40-23-18-24-41(33-40)58-42-27-28-44-43-25-15-16-26-45(43)57(46(44)34-42)47-32-38(29-30-54-47)53(10,11)36-19-13-12-14-20-36;/h12-32,35H,1-11H3;/q-3;. The van der Waals surface area contributed by atoms with Crippen molar-refractivity contribution < 1.29 is 25.8 Å². The molecule has 1 aliphatic heterocycles. The van der Waals surface area contributed by atoms with Gasteiger partial charge in [0.15, 0.2) is 0 Å². The summed E-state index contributed by atoms with van der Waals surface area (Å²) in [4.78, 5) is 9.61. The number of pyridine rings is 1. The van der Waals surface area contributed by atoms with E-state index in [0.717, 1.165) is 39.0 Å². The van der Waals surface area contributed by atoms with Crippen LogP contribution in [0.5, 0.6) is 11.5 Å². The van der Waals surface area contributed by atoms with E-state index >= 15 is 0 Å². The predicted octanol–water partition coefficient (Wildman–Crippen LogP) is 13.9. The summed E-state index contributed by atoms with van der Waals surface area (Å²) >= 11 is 0. The average molecular weight is 959 g/mol. The second kappa shape index (κ2) is 15.5. The number of rotatable bonds is 7. The number of aromatic nitrogens is 2. The van der Waals surface area contributed by atoms with Crippen LogP contribution < -0.4 is 14.5 Å². The SMILES string of the molecule is CC(C)(C)C1=C(C(C)(C)C)N(c2cccc(C(C)(C)C)c2)[CH-]N1c1[c-]c(Oc2[c-]c3c(cc2)c2ccccc2n3-c2cc(C(C)(C)c3ccccc3)ccn2)ccc1.[Pt]. The summed E-state index contributed by atoms with van der Waals surface area (Å²) in [5, 5.41) is 2.23. The van der Waals surface area contributed by atoms with Gasteiger partial charge >= 0.3 is 0 Å². The van der Waals surface area contributed by atoms with Gasteiger partial charge in [0.2, 0.25) is 0 Å². The van der Waals surface area contributed by atoms with Gasteiger partial charge in [0.25, 0.3) is 0 Å². The van der Waals surface area contributed by atoms with Crippen LogP contribution in [0.15, 0.2) is 139 Å². The van der Waals surface area contributed by atoms with E-state index in [1.807, 2.05) is 24.4 Å². The molecule has 0 amide bonds. The minimum Gasteiger partial charge on any atom is -0.509 e. The van der Waals surface area contributed by atoms with E-state index in [4.69, 9.17) is 9.72 Å². The van der Waals surface area contributed by atoms with Gasteiger partial charge in [-0.15, -0.1) is 48.1 Å². The number of ether oxygens (including phenoxy) is 1. The van der Waals surface area contributed by atoms with E-state index in [1.165, 1.54) is 28.1 Å². The molecule has 5 nitrogen and oxygen atoms in total. The van der Waals surface area contributed by atoms with E-state index in [-0.39, 0.29) is 42.7 Å². The number of fused-ring (bicyclic) bond motifs is 3. The zero-order chi connectivity index (χ0) is 41.2. The van der Waals surface area contributed by atoms with Gasteiger partial charge in [-0.25, -0.2) is 4.98 Å². The van der Waals surface area contributed by atoms with Crippen LogP contribution in [0.1, 0.15) is 92.9 Å². The van der Waals surface area contributed by atoms with Crippen molar-refractivity contribution in [3.8, 4) is 17.3 Å². The number of benzene rings is 5. The fourth-order valence-electron chi connectivity index (χ4n) is 8.27. The molecule has 5 aromatic carbocycles. The van der Waals surface area contributed by atoms with Gasteiger partial charge in [-0.3, -0.25) is 0 Å². The Balaban J connectivity index is 0.00000528. The van der Waals surface area contributed by atoms with Crippen molar-refractivity contribution in [1.82, 2.24) is 9.55 Å². The van der Waals surface area contributed by atoms with Crippen molar-refractivity contribution in [2.45, 2.75) is 87.0 Å². The van der Waals surface area contributed by atoms with E-state index < -0.39 is 0 Å². The number of allylic oxidation sites excluding steroid dienone is 2. The normalized spacial score (nSPS) is 14.0. The molecule has 0 saturated heterocycles. The van der Waals surface area contributed by atoms with Crippen molar-refractivity contribution in [3.63, 3.8) is 0 Å².